The summed E-state index contributed by atoms with van der Waals surface area (Å²) in [6.45, 7) is 0. The molecule has 0 aliphatic rings. The second-order valence-electron chi connectivity index (χ2n) is 7.59. The van der Waals surface area contributed by atoms with E-state index in [4.69, 9.17) is 9.47 Å². The van der Waals surface area contributed by atoms with Gasteiger partial charge < -0.3 is 25.0 Å². The molecule has 0 bridgehead atoms. The summed E-state index contributed by atoms with van der Waals surface area (Å²) < 4.78 is 10.4. The lowest BCUT2D eigenvalue weighted by Crippen LogP contribution is -2.56. The average molecular weight is 463 g/mol. The number of aliphatic carboxylic acids is 2. The van der Waals surface area contributed by atoms with Gasteiger partial charge in [-0.3, -0.25) is 9.59 Å². The Morgan fingerprint density at radius 1 is 0.824 bits per heavy atom. The summed E-state index contributed by atoms with van der Waals surface area (Å²) in [6, 6.07) is 20.7. The molecular formula is C26H25NO7. The van der Waals surface area contributed by atoms with E-state index in [2.05, 4.69) is 5.32 Å². The Bertz CT molecular complexity index is 1140. The first kappa shape index (κ1) is 24.3. The van der Waals surface area contributed by atoms with Crippen molar-refractivity contribution in [1.29, 1.82) is 0 Å². The third-order valence-corrected chi connectivity index (χ3v) is 5.65. The standard InChI is InChI=1S/C26H25NO7/c1-33-20-12-8-17(9-13-20)22(16-23(28)29)26(25(31)32,19-10-14-21(34-2)15-11-19)27-24(30)18-6-4-3-5-7-18/h3-15,22H,16H2,1-2H3,(H,27,30)(H,28,29)(H,31,32). The van der Waals surface area contributed by atoms with Crippen LogP contribution in [0.3, 0.4) is 0 Å². The summed E-state index contributed by atoms with van der Waals surface area (Å²) in [7, 11) is 2.96. The van der Waals surface area contributed by atoms with Crippen LogP contribution in [0.25, 0.3) is 0 Å². The van der Waals surface area contributed by atoms with E-state index in [1.165, 1.54) is 26.4 Å². The number of carbonyl (C=O) groups is 3. The molecule has 0 saturated heterocycles. The van der Waals surface area contributed by atoms with Crippen molar-refractivity contribution in [3.63, 3.8) is 0 Å². The van der Waals surface area contributed by atoms with E-state index in [0.717, 1.165) is 0 Å². The molecule has 3 rings (SSSR count). The van der Waals surface area contributed by atoms with E-state index >= 15 is 0 Å². The number of carboxylic acids is 2. The van der Waals surface area contributed by atoms with Gasteiger partial charge in [0.05, 0.1) is 20.6 Å². The maximum atomic E-state index is 13.2. The molecule has 0 aromatic heterocycles. The van der Waals surface area contributed by atoms with E-state index in [1.807, 2.05) is 0 Å². The lowest BCUT2D eigenvalue weighted by molar-refractivity contribution is -0.147. The first-order valence-electron chi connectivity index (χ1n) is 10.4. The molecule has 3 N–H and O–H groups in total. The smallest absolute Gasteiger partial charge is 0.334 e. The molecule has 34 heavy (non-hydrogen) atoms. The molecule has 8 heteroatoms. The molecule has 0 aliphatic heterocycles. The van der Waals surface area contributed by atoms with E-state index < -0.39 is 35.7 Å². The largest absolute Gasteiger partial charge is 0.497 e. The summed E-state index contributed by atoms with van der Waals surface area (Å²) in [5.41, 5.74) is -1.25. The number of rotatable bonds is 10. The van der Waals surface area contributed by atoms with E-state index in [9.17, 15) is 24.6 Å². The number of nitrogens with one attached hydrogen (secondary N) is 1. The first-order valence-corrected chi connectivity index (χ1v) is 10.4. The molecule has 0 saturated carbocycles. The van der Waals surface area contributed by atoms with Gasteiger partial charge in [0, 0.05) is 11.5 Å². The van der Waals surface area contributed by atoms with Crippen molar-refractivity contribution in [2.24, 2.45) is 0 Å². The van der Waals surface area contributed by atoms with E-state index in [-0.39, 0.29) is 11.1 Å². The Morgan fingerprint density at radius 3 is 1.82 bits per heavy atom. The van der Waals surface area contributed by atoms with Crippen LogP contribution in [0.1, 0.15) is 33.8 Å². The highest BCUT2D eigenvalue weighted by Gasteiger charge is 2.50. The van der Waals surface area contributed by atoms with Crippen molar-refractivity contribution in [2.75, 3.05) is 14.2 Å². The molecule has 1 amide bonds. The second-order valence-corrected chi connectivity index (χ2v) is 7.59. The van der Waals surface area contributed by atoms with Crippen molar-refractivity contribution in [2.45, 2.75) is 17.9 Å². The van der Waals surface area contributed by atoms with Crippen molar-refractivity contribution in [1.82, 2.24) is 5.32 Å². The molecule has 0 spiro atoms. The Hall–Kier alpha value is -4.33. The number of amides is 1. The maximum absolute atomic E-state index is 13.2. The van der Waals surface area contributed by atoms with Crippen LogP contribution in [0.2, 0.25) is 0 Å². The number of hydrogen-bond acceptors (Lipinski definition) is 5. The summed E-state index contributed by atoms with van der Waals surface area (Å²) in [4.78, 5) is 38.1. The molecule has 0 fully saturated rings. The second kappa shape index (κ2) is 10.5. The minimum atomic E-state index is -2.10. The highest BCUT2D eigenvalue weighted by Crippen LogP contribution is 2.41. The maximum Gasteiger partial charge on any atom is 0.334 e. The van der Waals surface area contributed by atoms with Crippen LogP contribution in [-0.2, 0) is 15.1 Å². The highest BCUT2D eigenvalue weighted by molar-refractivity contribution is 5.99. The molecule has 3 aromatic rings. The summed E-state index contributed by atoms with van der Waals surface area (Å²) in [6.07, 6.45) is -0.556. The molecular weight excluding hydrogens is 438 g/mol. The third kappa shape index (κ3) is 5.01. The fraction of sp³-hybridized carbons (Fsp3) is 0.192. The van der Waals surface area contributed by atoms with Gasteiger partial charge in [-0.25, -0.2) is 4.79 Å². The Labute approximate surface area is 196 Å². The van der Waals surface area contributed by atoms with Gasteiger partial charge in [-0.05, 0) is 47.5 Å². The lowest BCUT2D eigenvalue weighted by Gasteiger charge is -2.38. The molecule has 0 aliphatic carbocycles. The fourth-order valence-electron chi connectivity index (χ4n) is 3.91. The van der Waals surface area contributed by atoms with Crippen molar-refractivity contribution < 1.29 is 34.1 Å². The normalized spacial score (nSPS) is 13.2. The Morgan fingerprint density at radius 2 is 1.35 bits per heavy atom. The van der Waals surface area contributed by atoms with Crippen LogP contribution in [0.5, 0.6) is 11.5 Å². The third-order valence-electron chi connectivity index (χ3n) is 5.65. The summed E-state index contributed by atoms with van der Waals surface area (Å²) in [5.74, 6) is -3.41. The van der Waals surface area contributed by atoms with Crippen LogP contribution in [0.15, 0.2) is 78.9 Å². The van der Waals surface area contributed by atoms with Gasteiger partial charge in [0.1, 0.15) is 11.5 Å². The van der Waals surface area contributed by atoms with Gasteiger partial charge >= 0.3 is 11.9 Å². The van der Waals surface area contributed by atoms with Crippen LogP contribution >= 0.6 is 0 Å². The van der Waals surface area contributed by atoms with Gasteiger partial charge in [-0.1, -0.05) is 42.5 Å². The number of carboxylic acid groups (broad SMARTS) is 2. The SMILES string of the molecule is COc1ccc(C(CC(=O)O)C(NC(=O)c2ccccc2)(C(=O)O)c2ccc(OC)cc2)cc1. The van der Waals surface area contributed by atoms with Crippen LogP contribution in [0, 0.1) is 0 Å². The van der Waals surface area contributed by atoms with Crippen LogP contribution in [-0.4, -0.2) is 42.3 Å². The predicted molar refractivity (Wildman–Crippen MR) is 124 cm³/mol. The van der Waals surface area contributed by atoms with Crippen molar-refractivity contribution >= 4 is 17.8 Å². The minimum Gasteiger partial charge on any atom is -0.497 e. The molecule has 8 nitrogen and oxygen atoms in total. The first-order chi connectivity index (χ1) is 16.3. The zero-order valence-corrected chi connectivity index (χ0v) is 18.7. The number of ether oxygens (including phenoxy) is 2. The van der Waals surface area contributed by atoms with E-state index in [0.29, 0.717) is 17.1 Å². The van der Waals surface area contributed by atoms with Gasteiger partial charge in [-0.15, -0.1) is 0 Å². The lowest BCUT2D eigenvalue weighted by atomic mass is 9.72. The number of hydrogen-bond donors (Lipinski definition) is 3. The number of benzene rings is 3. The topological polar surface area (TPSA) is 122 Å². The molecule has 2 atom stereocenters. The van der Waals surface area contributed by atoms with Gasteiger partial charge in [0.25, 0.3) is 5.91 Å². The predicted octanol–water partition coefficient (Wildman–Crippen LogP) is 3.67. The molecule has 176 valence electrons. The quantitative estimate of drug-likeness (QED) is 0.419. The minimum absolute atomic E-state index is 0.201. The zero-order chi connectivity index (χ0) is 24.7. The van der Waals surface area contributed by atoms with Crippen LogP contribution in [0.4, 0.5) is 0 Å². The van der Waals surface area contributed by atoms with E-state index in [1.54, 1.807) is 66.7 Å². The van der Waals surface area contributed by atoms with Crippen LogP contribution < -0.4 is 14.8 Å². The van der Waals surface area contributed by atoms with Gasteiger partial charge in [0.15, 0.2) is 5.54 Å². The number of carbonyl (C=O) groups excluding carboxylic acids is 1. The summed E-state index contributed by atoms with van der Waals surface area (Å²) >= 11 is 0. The van der Waals surface area contributed by atoms with Gasteiger partial charge in [-0.2, -0.15) is 0 Å². The fourth-order valence-corrected chi connectivity index (χ4v) is 3.91. The Balaban J connectivity index is 2.24. The Kier molecular flexibility index (Phi) is 7.53. The highest BCUT2D eigenvalue weighted by atomic mass is 16.5. The monoisotopic (exact) mass is 463 g/mol. The number of methoxy groups -OCH3 is 2. The average Bonchev–Trinajstić information content (AvgIpc) is 2.86. The summed E-state index contributed by atoms with van der Waals surface area (Å²) in [5, 5.41) is 23.0. The van der Waals surface area contributed by atoms with Crippen molar-refractivity contribution in [3.05, 3.63) is 95.6 Å². The molecule has 0 heterocycles. The molecule has 0 radical (unpaired) electrons. The zero-order valence-electron chi connectivity index (χ0n) is 18.7. The molecule has 2 unspecified atom stereocenters. The molecule has 3 aromatic carbocycles. The van der Waals surface area contributed by atoms with Gasteiger partial charge in [0.2, 0.25) is 0 Å². The van der Waals surface area contributed by atoms with Crippen molar-refractivity contribution in [3.8, 4) is 11.5 Å².